The fourth-order valence-electron chi connectivity index (χ4n) is 3.90. The lowest BCUT2D eigenvalue weighted by atomic mass is 9.77. The fourth-order valence-corrected chi connectivity index (χ4v) is 6.41. The third-order valence-corrected chi connectivity index (χ3v) is 8.27. The van der Waals surface area contributed by atoms with Crippen LogP contribution in [-0.2, 0) is 9.53 Å². The lowest BCUT2D eigenvalue weighted by Crippen LogP contribution is -2.35. The maximum absolute atomic E-state index is 12.8. The smallest absolute Gasteiger partial charge is 0.335 e. The zero-order valence-corrected chi connectivity index (χ0v) is 20.8. The van der Waals surface area contributed by atoms with Gasteiger partial charge in [-0.25, -0.2) is 4.79 Å². The first-order chi connectivity index (χ1) is 13.3. The Morgan fingerprint density at radius 2 is 1.66 bits per heavy atom. The van der Waals surface area contributed by atoms with Crippen LogP contribution in [0.2, 0.25) is 44.3 Å². The summed E-state index contributed by atoms with van der Waals surface area (Å²) in [6.07, 6.45) is 1.20. The molecular formula is C23H29ClO3Si2. The molecule has 2 aliphatic rings. The molecule has 0 saturated carbocycles. The molecule has 0 aromatic heterocycles. The van der Waals surface area contributed by atoms with Gasteiger partial charge in [0.15, 0.2) is 0 Å². The number of carbonyl (C=O) groups is 1. The van der Waals surface area contributed by atoms with E-state index in [0.717, 1.165) is 21.9 Å². The summed E-state index contributed by atoms with van der Waals surface area (Å²) < 4.78 is 5.78. The predicted molar refractivity (Wildman–Crippen MR) is 125 cm³/mol. The third kappa shape index (κ3) is 4.95. The predicted octanol–water partition coefficient (Wildman–Crippen LogP) is 5.58. The van der Waals surface area contributed by atoms with Crippen LogP contribution in [0.1, 0.15) is 24.8 Å². The number of halogens is 1. The number of rotatable bonds is 3. The van der Waals surface area contributed by atoms with Crippen LogP contribution < -0.4 is 0 Å². The molecule has 0 spiro atoms. The SMILES string of the molecule is C[Si](C)(C)C#CC[C@@]1(O)CC2=C([Si](C)(C)C)C(=O)OC2=C(c2ccc(Cl)cc2)C1. The number of hydrogen-bond acceptors (Lipinski definition) is 3. The lowest BCUT2D eigenvalue weighted by molar-refractivity contribution is -0.132. The normalized spacial score (nSPS) is 22.3. The lowest BCUT2D eigenvalue weighted by Gasteiger charge is -2.34. The molecule has 3 nitrogen and oxygen atoms in total. The van der Waals surface area contributed by atoms with E-state index in [4.69, 9.17) is 16.3 Å². The molecule has 0 amide bonds. The molecule has 154 valence electrons. The van der Waals surface area contributed by atoms with Gasteiger partial charge in [-0.05, 0) is 17.7 Å². The summed E-state index contributed by atoms with van der Waals surface area (Å²) in [6, 6.07) is 7.48. The molecule has 6 heteroatoms. The Hall–Kier alpha value is -1.59. The number of fused-ring (bicyclic) bond motifs is 1. The second-order valence-electron chi connectivity index (χ2n) is 10.1. The number of hydrogen-bond donors (Lipinski definition) is 1. The van der Waals surface area contributed by atoms with Gasteiger partial charge in [-0.1, -0.05) is 63.0 Å². The number of ether oxygens (including phenoxy) is 1. The Morgan fingerprint density at radius 1 is 1.07 bits per heavy atom. The summed E-state index contributed by atoms with van der Waals surface area (Å²) in [6.45, 7) is 13.0. The van der Waals surface area contributed by atoms with Crippen molar-refractivity contribution >= 4 is 39.3 Å². The van der Waals surface area contributed by atoms with Gasteiger partial charge < -0.3 is 9.84 Å². The van der Waals surface area contributed by atoms with Crippen molar-refractivity contribution in [1.29, 1.82) is 0 Å². The standard InChI is InChI=1S/C23H29ClO3Si2/c1-28(2,3)13-7-12-23(26)14-18(16-8-10-17(24)11-9-16)20-19(15-23)21(22(25)27-20)29(4,5)6/h8-11,26H,12,14-15H2,1-6H3/t23-/m0/s1. The number of allylic oxidation sites excluding steroid dienone is 1. The summed E-state index contributed by atoms with van der Waals surface area (Å²) in [4.78, 5) is 12.8. The van der Waals surface area contributed by atoms with E-state index in [1.807, 2.05) is 24.3 Å². The average Bonchev–Trinajstić information content (AvgIpc) is 2.89. The first-order valence-corrected chi connectivity index (χ1v) is 17.3. The summed E-state index contributed by atoms with van der Waals surface area (Å²) >= 11 is 6.07. The number of benzene rings is 1. The van der Waals surface area contributed by atoms with Crippen LogP contribution >= 0.6 is 11.6 Å². The van der Waals surface area contributed by atoms with Gasteiger partial charge in [0.2, 0.25) is 0 Å². The van der Waals surface area contributed by atoms with Gasteiger partial charge in [-0.2, -0.15) is 0 Å². The van der Waals surface area contributed by atoms with Crippen LogP contribution in [0, 0.1) is 11.5 Å². The quantitative estimate of drug-likeness (QED) is 0.376. The van der Waals surface area contributed by atoms with E-state index in [9.17, 15) is 9.90 Å². The van der Waals surface area contributed by atoms with Crippen molar-refractivity contribution in [2.45, 2.75) is 64.1 Å². The highest BCUT2D eigenvalue weighted by molar-refractivity contribution is 6.87. The number of carbonyl (C=O) groups excluding carboxylic acids is 1. The van der Waals surface area contributed by atoms with Crippen LogP contribution in [0.25, 0.3) is 5.57 Å². The van der Waals surface area contributed by atoms with Crippen molar-refractivity contribution in [3.05, 3.63) is 51.4 Å². The van der Waals surface area contributed by atoms with Crippen LogP contribution in [0.15, 0.2) is 40.8 Å². The van der Waals surface area contributed by atoms with Crippen LogP contribution in [0.5, 0.6) is 0 Å². The Balaban J connectivity index is 2.13. The molecular weight excluding hydrogens is 416 g/mol. The molecule has 1 aliphatic carbocycles. The molecule has 1 heterocycles. The molecule has 3 rings (SSSR count). The van der Waals surface area contributed by atoms with Crippen molar-refractivity contribution in [2.24, 2.45) is 0 Å². The minimum atomic E-state index is -1.95. The van der Waals surface area contributed by atoms with E-state index in [1.54, 1.807) is 0 Å². The molecule has 0 radical (unpaired) electrons. The Morgan fingerprint density at radius 3 is 2.21 bits per heavy atom. The highest BCUT2D eigenvalue weighted by Gasteiger charge is 2.46. The van der Waals surface area contributed by atoms with E-state index in [0.29, 0.717) is 30.0 Å². The first-order valence-electron chi connectivity index (χ1n) is 9.97. The summed E-state index contributed by atoms with van der Waals surface area (Å²) in [5.74, 6) is 3.63. The average molecular weight is 445 g/mol. The zero-order chi connectivity index (χ0) is 21.6. The van der Waals surface area contributed by atoms with Crippen molar-refractivity contribution < 1.29 is 14.6 Å². The van der Waals surface area contributed by atoms with Gasteiger partial charge in [0.25, 0.3) is 0 Å². The van der Waals surface area contributed by atoms with Gasteiger partial charge in [0.05, 0.1) is 13.7 Å². The minimum Gasteiger partial charge on any atom is -0.423 e. The first kappa shape index (κ1) is 22.1. The van der Waals surface area contributed by atoms with Crippen molar-refractivity contribution in [1.82, 2.24) is 0 Å². The second-order valence-corrected chi connectivity index (χ2v) is 20.3. The molecule has 1 aromatic rings. The second kappa shape index (κ2) is 7.59. The van der Waals surface area contributed by atoms with E-state index < -0.39 is 21.7 Å². The molecule has 0 bridgehead atoms. The summed E-state index contributed by atoms with van der Waals surface area (Å²) in [5.41, 5.74) is 5.00. The molecule has 1 N–H and O–H groups in total. The van der Waals surface area contributed by atoms with E-state index in [2.05, 4.69) is 50.7 Å². The maximum atomic E-state index is 12.8. The monoisotopic (exact) mass is 444 g/mol. The minimum absolute atomic E-state index is 0.252. The van der Waals surface area contributed by atoms with Gasteiger partial charge in [-0.15, -0.1) is 11.5 Å². The zero-order valence-electron chi connectivity index (χ0n) is 18.1. The highest BCUT2D eigenvalue weighted by Crippen LogP contribution is 2.48. The molecule has 29 heavy (non-hydrogen) atoms. The molecule has 0 fully saturated rings. The Bertz CT molecular complexity index is 967. The van der Waals surface area contributed by atoms with Crippen molar-refractivity contribution in [3.8, 4) is 11.5 Å². The summed E-state index contributed by atoms with van der Waals surface area (Å²) in [5, 5.41) is 13.0. The molecule has 1 aromatic carbocycles. The third-order valence-electron chi connectivity index (χ3n) is 5.08. The van der Waals surface area contributed by atoms with Gasteiger partial charge in [0.1, 0.15) is 13.8 Å². The molecule has 0 unspecified atom stereocenters. The number of esters is 1. The fraction of sp³-hybridized carbons (Fsp3) is 0.435. The van der Waals surface area contributed by atoms with E-state index in [-0.39, 0.29) is 5.97 Å². The maximum Gasteiger partial charge on any atom is 0.335 e. The van der Waals surface area contributed by atoms with E-state index >= 15 is 0 Å². The Labute approximate surface area is 180 Å². The van der Waals surface area contributed by atoms with Crippen LogP contribution in [0.4, 0.5) is 0 Å². The molecule has 1 aliphatic heterocycles. The van der Waals surface area contributed by atoms with Crippen molar-refractivity contribution in [2.75, 3.05) is 0 Å². The highest BCUT2D eigenvalue weighted by atomic mass is 35.5. The topological polar surface area (TPSA) is 46.5 Å². The van der Waals surface area contributed by atoms with Crippen LogP contribution in [-0.4, -0.2) is 32.8 Å². The van der Waals surface area contributed by atoms with E-state index in [1.165, 1.54) is 0 Å². The number of aliphatic hydroxyl groups is 1. The van der Waals surface area contributed by atoms with Gasteiger partial charge >= 0.3 is 5.97 Å². The molecule has 1 atom stereocenters. The van der Waals surface area contributed by atoms with Crippen molar-refractivity contribution in [3.63, 3.8) is 0 Å². The molecule has 0 saturated heterocycles. The largest absolute Gasteiger partial charge is 0.423 e. The van der Waals surface area contributed by atoms with Gasteiger partial charge in [0, 0.05) is 40.6 Å². The van der Waals surface area contributed by atoms with Crippen LogP contribution in [0.3, 0.4) is 0 Å². The van der Waals surface area contributed by atoms with Gasteiger partial charge in [-0.3, -0.25) is 0 Å². The Kier molecular flexibility index (Phi) is 5.78. The summed E-state index contributed by atoms with van der Waals surface area (Å²) in [7, 11) is -3.47.